The third kappa shape index (κ3) is 6.02. The highest BCUT2D eigenvalue weighted by atomic mass is 15.2. The molecule has 1 unspecified atom stereocenters. The standard InChI is InChI=1S/C38H44N2/c1-6-38(4,5)32-21-27-37(28-22-32)40(34-15-11-8-12-16-34)36-25-19-31(20-26-36)30-17-23-35(24-18-30)39(29(2)3)33-13-9-7-10-14-33/h9,11,13,15-28,33H,2,6-8,10,12,14H2,1,3-5H3. The summed E-state index contributed by atoms with van der Waals surface area (Å²) < 4.78 is 0. The third-order valence-electron chi connectivity index (χ3n) is 8.60. The zero-order chi connectivity index (χ0) is 28.1. The number of nitrogens with zero attached hydrogens (tertiary/aromatic N) is 2. The van der Waals surface area contributed by atoms with Crippen molar-refractivity contribution < 1.29 is 0 Å². The van der Waals surface area contributed by atoms with Crippen molar-refractivity contribution in [1.82, 2.24) is 0 Å². The van der Waals surface area contributed by atoms with Gasteiger partial charge in [-0.15, -0.1) is 0 Å². The van der Waals surface area contributed by atoms with Crippen LogP contribution >= 0.6 is 0 Å². The minimum absolute atomic E-state index is 0.180. The maximum absolute atomic E-state index is 4.28. The lowest BCUT2D eigenvalue weighted by Crippen LogP contribution is -2.32. The lowest BCUT2D eigenvalue weighted by molar-refractivity contribution is 0.506. The van der Waals surface area contributed by atoms with Crippen LogP contribution in [0.15, 0.2) is 121 Å². The second-order valence-corrected chi connectivity index (χ2v) is 11.9. The van der Waals surface area contributed by atoms with E-state index in [0.29, 0.717) is 6.04 Å². The molecule has 3 aromatic carbocycles. The molecule has 0 heterocycles. The van der Waals surface area contributed by atoms with Gasteiger partial charge in [-0.1, -0.05) is 88.1 Å². The molecule has 0 saturated heterocycles. The van der Waals surface area contributed by atoms with Gasteiger partial charge in [0.05, 0.1) is 6.04 Å². The topological polar surface area (TPSA) is 6.48 Å². The first-order valence-electron chi connectivity index (χ1n) is 15.0. The van der Waals surface area contributed by atoms with Gasteiger partial charge >= 0.3 is 0 Å². The molecule has 0 amide bonds. The fourth-order valence-electron chi connectivity index (χ4n) is 5.80. The molecule has 3 aromatic rings. The third-order valence-corrected chi connectivity index (χ3v) is 8.60. The Bertz CT molecular complexity index is 1390. The molecular weight excluding hydrogens is 484 g/mol. The van der Waals surface area contributed by atoms with Crippen LogP contribution in [-0.4, -0.2) is 6.04 Å². The van der Waals surface area contributed by atoms with E-state index in [9.17, 15) is 0 Å². The van der Waals surface area contributed by atoms with E-state index in [4.69, 9.17) is 0 Å². The van der Waals surface area contributed by atoms with Crippen molar-refractivity contribution in [1.29, 1.82) is 0 Å². The first-order valence-corrected chi connectivity index (χ1v) is 15.0. The van der Waals surface area contributed by atoms with Crippen LogP contribution in [0.3, 0.4) is 0 Å². The van der Waals surface area contributed by atoms with Gasteiger partial charge in [0.1, 0.15) is 0 Å². The molecule has 0 spiro atoms. The molecule has 1 atom stereocenters. The van der Waals surface area contributed by atoms with Gasteiger partial charge in [0.15, 0.2) is 0 Å². The lowest BCUT2D eigenvalue weighted by Gasteiger charge is -2.33. The Morgan fingerprint density at radius 3 is 1.90 bits per heavy atom. The van der Waals surface area contributed by atoms with Gasteiger partial charge in [-0.3, -0.25) is 0 Å². The molecule has 0 radical (unpaired) electrons. The van der Waals surface area contributed by atoms with Crippen LogP contribution in [0, 0.1) is 0 Å². The average molecular weight is 529 g/mol. The summed E-state index contributed by atoms with van der Waals surface area (Å²) in [5.41, 5.74) is 9.93. The Hall–Kier alpha value is -3.78. The predicted octanol–water partition coefficient (Wildman–Crippen LogP) is 10.9. The first-order chi connectivity index (χ1) is 19.4. The quantitative estimate of drug-likeness (QED) is 0.255. The van der Waals surface area contributed by atoms with Gasteiger partial charge in [-0.2, -0.15) is 0 Å². The van der Waals surface area contributed by atoms with E-state index in [1.807, 2.05) is 0 Å². The maximum atomic E-state index is 4.28. The van der Waals surface area contributed by atoms with Gasteiger partial charge in [0, 0.05) is 28.5 Å². The zero-order valence-electron chi connectivity index (χ0n) is 24.7. The Balaban J connectivity index is 1.41. The van der Waals surface area contributed by atoms with E-state index in [2.05, 4.69) is 147 Å². The van der Waals surface area contributed by atoms with Crippen molar-refractivity contribution >= 4 is 17.1 Å². The van der Waals surface area contributed by atoms with Gasteiger partial charge in [-0.05, 0) is 110 Å². The Morgan fingerprint density at radius 2 is 1.40 bits per heavy atom. The molecule has 2 aliphatic rings. The molecule has 2 aliphatic carbocycles. The van der Waals surface area contributed by atoms with E-state index in [1.165, 1.54) is 58.7 Å². The van der Waals surface area contributed by atoms with Crippen LogP contribution < -0.4 is 9.80 Å². The molecular formula is C38H44N2. The highest BCUT2D eigenvalue weighted by Gasteiger charge is 2.21. The van der Waals surface area contributed by atoms with Gasteiger partial charge in [0.25, 0.3) is 0 Å². The lowest BCUT2D eigenvalue weighted by atomic mass is 9.82. The van der Waals surface area contributed by atoms with Crippen molar-refractivity contribution in [3.63, 3.8) is 0 Å². The summed E-state index contributed by atoms with van der Waals surface area (Å²) in [5, 5.41) is 0. The fourth-order valence-corrected chi connectivity index (χ4v) is 5.80. The zero-order valence-corrected chi connectivity index (χ0v) is 24.7. The number of hydrogen-bond donors (Lipinski definition) is 0. The Kier molecular flexibility index (Phi) is 8.45. The van der Waals surface area contributed by atoms with E-state index in [-0.39, 0.29) is 5.41 Å². The molecule has 5 rings (SSSR count). The van der Waals surface area contributed by atoms with Crippen LogP contribution in [0.4, 0.5) is 17.1 Å². The van der Waals surface area contributed by atoms with Crippen LogP contribution in [0.25, 0.3) is 11.1 Å². The molecule has 2 heteroatoms. The highest BCUT2D eigenvalue weighted by molar-refractivity contribution is 5.74. The van der Waals surface area contributed by atoms with E-state index >= 15 is 0 Å². The van der Waals surface area contributed by atoms with Crippen LogP contribution in [-0.2, 0) is 5.41 Å². The minimum Gasteiger partial charge on any atom is -0.339 e. The second kappa shape index (κ2) is 12.2. The predicted molar refractivity (Wildman–Crippen MR) is 174 cm³/mol. The van der Waals surface area contributed by atoms with E-state index < -0.39 is 0 Å². The molecule has 0 N–H and O–H groups in total. The van der Waals surface area contributed by atoms with Crippen molar-refractivity contribution in [3.05, 3.63) is 127 Å². The summed E-state index contributed by atoms with van der Waals surface area (Å²) in [6, 6.07) is 27.5. The normalized spacial score (nSPS) is 16.9. The molecule has 40 heavy (non-hydrogen) atoms. The van der Waals surface area contributed by atoms with Crippen molar-refractivity contribution in [2.24, 2.45) is 0 Å². The van der Waals surface area contributed by atoms with E-state index in [0.717, 1.165) is 25.0 Å². The molecule has 2 nitrogen and oxygen atoms in total. The summed E-state index contributed by atoms with van der Waals surface area (Å²) in [7, 11) is 0. The van der Waals surface area contributed by atoms with Crippen molar-refractivity contribution in [2.45, 2.75) is 77.7 Å². The summed E-state index contributed by atoms with van der Waals surface area (Å²) in [5.74, 6) is 0. The van der Waals surface area contributed by atoms with Crippen LogP contribution in [0.1, 0.15) is 71.8 Å². The fraction of sp³-hybridized carbons (Fsp3) is 0.316. The van der Waals surface area contributed by atoms with E-state index in [1.54, 1.807) is 0 Å². The van der Waals surface area contributed by atoms with Gasteiger partial charge in [-0.25, -0.2) is 0 Å². The van der Waals surface area contributed by atoms with Crippen LogP contribution in [0.5, 0.6) is 0 Å². The van der Waals surface area contributed by atoms with Crippen LogP contribution in [0.2, 0.25) is 0 Å². The first kappa shape index (κ1) is 27.8. The largest absolute Gasteiger partial charge is 0.339 e. The maximum Gasteiger partial charge on any atom is 0.0518 e. The van der Waals surface area contributed by atoms with Gasteiger partial charge in [0.2, 0.25) is 0 Å². The highest BCUT2D eigenvalue weighted by Crippen LogP contribution is 2.36. The summed E-state index contributed by atoms with van der Waals surface area (Å²) >= 11 is 0. The number of rotatable bonds is 9. The molecule has 0 aliphatic heterocycles. The molecule has 0 bridgehead atoms. The number of benzene rings is 3. The van der Waals surface area contributed by atoms with Crippen molar-refractivity contribution in [2.75, 3.05) is 9.80 Å². The summed E-state index contributed by atoms with van der Waals surface area (Å²) in [4.78, 5) is 4.76. The SMILES string of the molecule is C=C(C)N(c1ccc(-c2ccc(N(C3=CCCC=C3)c3ccc(C(C)(C)CC)cc3)cc2)cc1)C1C=CCCC1. The molecule has 0 aromatic heterocycles. The second-order valence-electron chi connectivity index (χ2n) is 11.9. The average Bonchev–Trinajstić information content (AvgIpc) is 2.99. The van der Waals surface area contributed by atoms with Gasteiger partial charge < -0.3 is 9.80 Å². The number of hydrogen-bond acceptors (Lipinski definition) is 2. The summed E-state index contributed by atoms with van der Waals surface area (Å²) in [6.07, 6.45) is 18.4. The summed E-state index contributed by atoms with van der Waals surface area (Å²) in [6.45, 7) is 13.3. The molecule has 206 valence electrons. The molecule has 0 fully saturated rings. The number of anilines is 3. The smallest absolute Gasteiger partial charge is 0.0518 e. The number of allylic oxidation sites excluding steroid dienone is 5. The Morgan fingerprint density at radius 1 is 0.800 bits per heavy atom. The Labute approximate surface area is 242 Å². The van der Waals surface area contributed by atoms with Crippen molar-refractivity contribution in [3.8, 4) is 11.1 Å². The molecule has 0 saturated carbocycles. The monoisotopic (exact) mass is 528 g/mol. The minimum atomic E-state index is 0.180.